The van der Waals surface area contributed by atoms with Gasteiger partial charge in [-0.2, -0.15) is 0 Å². The van der Waals surface area contributed by atoms with Crippen LogP contribution >= 0.6 is 0 Å². The average molecular weight is 276 g/mol. The van der Waals surface area contributed by atoms with Gasteiger partial charge in [0.2, 0.25) is 15.9 Å². The SMILES string of the molecule is NS(=O)(=O)C1CC(=O)N(CCN2CCNC2=O)C1. The van der Waals surface area contributed by atoms with Gasteiger partial charge in [0.25, 0.3) is 0 Å². The summed E-state index contributed by atoms with van der Waals surface area (Å²) < 4.78 is 22.3. The van der Waals surface area contributed by atoms with Gasteiger partial charge >= 0.3 is 6.03 Å². The van der Waals surface area contributed by atoms with Crippen LogP contribution in [0.3, 0.4) is 0 Å². The molecule has 2 fully saturated rings. The van der Waals surface area contributed by atoms with Gasteiger partial charge in [0.15, 0.2) is 0 Å². The van der Waals surface area contributed by atoms with Crippen molar-refractivity contribution in [3.63, 3.8) is 0 Å². The molecule has 0 aromatic carbocycles. The maximum Gasteiger partial charge on any atom is 0.317 e. The zero-order valence-corrected chi connectivity index (χ0v) is 10.6. The molecular weight excluding hydrogens is 260 g/mol. The van der Waals surface area contributed by atoms with E-state index in [0.717, 1.165) is 0 Å². The molecule has 2 saturated heterocycles. The average Bonchev–Trinajstić information content (AvgIpc) is 2.82. The lowest BCUT2D eigenvalue weighted by Crippen LogP contribution is -2.38. The van der Waals surface area contributed by atoms with Crippen LogP contribution in [0.2, 0.25) is 0 Å². The van der Waals surface area contributed by atoms with Crippen molar-refractivity contribution in [3.8, 4) is 0 Å². The van der Waals surface area contributed by atoms with E-state index in [2.05, 4.69) is 5.32 Å². The Kier molecular flexibility index (Phi) is 3.44. The minimum atomic E-state index is -3.67. The highest BCUT2D eigenvalue weighted by molar-refractivity contribution is 7.89. The predicted octanol–water partition coefficient (Wildman–Crippen LogP) is -2.10. The van der Waals surface area contributed by atoms with E-state index in [0.29, 0.717) is 26.2 Å². The quantitative estimate of drug-likeness (QED) is 0.612. The van der Waals surface area contributed by atoms with E-state index in [1.807, 2.05) is 0 Å². The summed E-state index contributed by atoms with van der Waals surface area (Å²) >= 11 is 0. The zero-order valence-electron chi connectivity index (χ0n) is 9.83. The zero-order chi connectivity index (χ0) is 13.3. The first-order chi connectivity index (χ1) is 8.38. The van der Waals surface area contributed by atoms with Crippen LogP contribution in [0.1, 0.15) is 6.42 Å². The first kappa shape index (κ1) is 13.1. The Labute approximate surface area is 105 Å². The molecule has 3 amide bonds. The van der Waals surface area contributed by atoms with Crippen molar-refractivity contribution in [1.29, 1.82) is 0 Å². The van der Waals surface area contributed by atoms with Crippen LogP contribution in [0, 0.1) is 0 Å². The van der Waals surface area contributed by atoms with Crippen LogP contribution in [0.15, 0.2) is 0 Å². The predicted molar refractivity (Wildman–Crippen MR) is 63.1 cm³/mol. The number of hydrogen-bond acceptors (Lipinski definition) is 4. The van der Waals surface area contributed by atoms with Crippen LogP contribution < -0.4 is 10.5 Å². The van der Waals surface area contributed by atoms with Crippen molar-refractivity contribution in [1.82, 2.24) is 15.1 Å². The topological polar surface area (TPSA) is 113 Å². The smallest absolute Gasteiger partial charge is 0.317 e. The van der Waals surface area contributed by atoms with E-state index in [-0.39, 0.29) is 24.9 Å². The van der Waals surface area contributed by atoms with Gasteiger partial charge in [-0.1, -0.05) is 0 Å². The number of nitrogens with zero attached hydrogens (tertiary/aromatic N) is 2. The molecule has 0 spiro atoms. The minimum Gasteiger partial charge on any atom is -0.340 e. The van der Waals surface area contributed by atoms with Crippen molar-refractivity contribution < 1.29 is 18.0 Å². The molecule has 1 atom stereocenters. The second-order valence-corrected chi connectivity index (χ2v) is 6.32. The highest BCUT2D eigenvalue weighted by Crippen LogP contribution is 2.16. The van der Waals surface area contributed by atoms with E-state index in [1.165, 1.54) is 4.90 Å². The first-order valence-corrected chi connectivity index (χ1v) is 7.31. The summed E-state index contributed by atoms with van der Waals surface area (Å²) in [6.07, 6.45) is -0.0645. The van der Waals surface area contributed by atoms with Gasteiger partial charge in [0.1, 0.15) is 5.25 Å². The molecule has 0 radical (unpaired) electrons. The fourth-order valence-electron chi connectivity index (χ4n) is 2.14. The molecular formula is C9H16N4O4S. The number of rotatable bonds is 4. The molecule has 0 aromatic heterocycles. The minimum absolute atomic E-state index is 0.0645. The fourth-order valence-corrected chi connectivity index (χ4v) is 2.90. The van der Waals surface area contributed by atoms with Crippen molar-refractivity contribution in [2.45, 2.75) is 11.7 Å². The summed E-state index contributed by atoms with van der Waals surface area (Å²) in [6, 6.07) is -0.148. The Bertz CT molecular complexity index is 463. The summed E-state index contributed by atoms with van der Waals surface area (Å²) in [6.45, 7) is 2.09. The number of sulfonamides is 1. The lowest BCUT2D eigenvalue weighted by atomic mass is 10.4. The van der Waals surface area contributed by atoms with Gasteiger partial charge in [-0.15, -0.1) is 0 Å². The summed E-state index contributed by atoms with van der Waals surface area (Å²) in [5.74, 6) is -0.228. The van der Waals surface area contributed by atoms with Gasteiger partial charge in [-0.05, 0) is 0 Å². The fraction of sp³-hybridized carbons (Fsp3) is 0.778. The molecule has 8 nitrogen and oxygen atoms in total. The lowest BCUT2D eigenvalue weighted by Gasteiger charge is -2.20. The summed E-state index contributed by atoms with van der Waals surface area (Å²) in [7, 11) is -3.67. The second-order valence-electron chi connectivity index (χ2n) is 4.47. The molecule has 0 aliphatic carbocycles. The summed E-state index contributed by atoms with van der Waals surface area (Å²) in [5, 5.41) is 6.86. The van der Waals surface area contributed by atoms with Crippen LogP contribution in [0.25, 0.3) is 0 Å². The number of primary sulfonamides is 1. The maximum absolute atomic E-state index is 11.6. The van der Waals surface area contributed by atoms with E-state index in [9.17, 15) is 18.0 Å². The van der Waals surface area contributed by atoms with E-state index < -0.39 is 15.3 Å². The van der Waals surface area contributed by atoms with Crippen molar-refractivity contribution in [2.24, 2.45) is 5.14 Å². The van der Waals surface area contributed by atoms with E-state index in [1.54, 1.807) is 4.90 Å². The third-order valence-electron chi connectivity index (χ3n) is 3.23. The number of nitrogens with one attached hydrogen (secondary N) is 1. The number of urea groups is 1. The molecule has 18 heavy (non-hydrogen) atoms. The molecule has 9 heteroatoms. The maximum atomic E-state index is 11.6. The van der Waals surface area contributed by atoms with Crippen LogP contribution in [-0.2, 0) is 14.8 Å². The molecule has 2 rings (SSSR count). The van der Waals surface area contributed by atoms with Gasteiger partial charge in [0, 0.05) is 39.1 Å². The largest absolute Gasteiger partial charge is 0.340 e. The second kappa shape index (κ2) is 4.73. The number of carbonyl (C=O) groups excluding carboxylic acids is 2. The highest BCUT2D eigenvalue weighted by atomic mass is 32.2. The van der Waals surface area contributed by atoms with Crippen LogP contribution in [0.5, 0.6) is 0 Å². The molecule has 2 aliphatic heterocycles. The molecule has 0 saturated carbocycles. The lowest BCUT2D eigenvalue weighted by molar-refractivity contribution is -0.127. The Morgan fingerprint density at radius 2 is 1.94 bits per heavy atom. The monoisotopic (exact) mass is 276 g/mol. The Hall–Kier alpha value is -1.35. The molecule has 102 valence electrons. The Morgan fingerprint density at radius 1 is 1.28 bits per heavy atom. The number of amides is 3. The summed E-state index contributed by atoms with van der Waals surface area (Å²) in [5.41, 5.74) is 0. The van der Waals surface area contributed by atoms with Gasteiger partial charge in [0.05, 0.1) is 0 Å². The van der Waals surface area contributed by atoms with E-state index in [4.69, 9.17) is 5.14 Å². The molecule has 3 N–H and O–H groups in total. The van der Waals surface area contributed by atoms with Gasteiger partial charge in [-0.25, -0.2) is 18.4 Å². The molecule has 2 heterocycles. The van der Waals surface area contributed by atoms with Crippen molar-refractivity contribution >= 4 is 22.0 Å². The third kappa shape index (κ3) is 2.72. The first-order valence-electron chi connectivity index (χ1n) is 5.70. The number of carbonyl (C=O) groups is 2. The Morgan fingerprint density at radius 3 is 2.44 bits per heavy atom. The third-order valence-corrected chi connectivity index (χ3v) is 4.47. The van der Waals surface area contributed by atoms with Crippen LogP contribution in [0.4, 0.5) is 4.79 Å². The molecule has 1 unspecified atom stereocenters. The Balaban J connectivity index is 1.87. The van der Waals surface area contributed by atoms with Gasteiger partial charge < -0.3 is 15.1 Å². The van der Waals surface area contributed by atoms with Crippen molar-refractivity contribution in [3.05, 3.63) is 0 Å². The number of likely N-dealkylation sites (tertiary alicyclic amines) is 1. The standard InChI is InChI=1S/C9H16N4O4S/c10-18(16,17)7-5-8(14)13(6-7)4-3-12-2-1-11-9(12)15/h7H,1-6H2,(H,11,15)(H2,10,16,17). The number of nitrogens with two attached hydrogens (primary N) is 1. The normalized spacial score (nSPS) is 24.8. The molecule has 0 aromatic rings. The number of hydrogen-bond donors (Lipinski definition) is 2. The summed E-state index contributed by atoms with van der Waals surface area (Å²) in [4.78, 5) is 25.9. The molecule has 2 aliphatic rings. The van der Waals surface area contributed by atoms with E-state index >= 15 is 0 Å². The van der Waals surface area contributed by atoms with Gasteiger partial charge in [-0.3, -0.25) is 4.79 Å². The van der Waals surface area contributed by atoms with Crippen LogP contribution in [-0.4, -0.2) is 68.1 Å². The molecule has 0 bridgehead atoms. The van der Waals surface area contributed by atoms with Crippen molar-refractivity contribution in [2.75, 3.05) is 32.7 Å². The highest BCUT2D eigenvalue weighted by Gasteiger charge is 2.36.